The van der Waals surface area contributed by atoms with Crippen LogP contribution in [0.3, 0.4) is 0 Å². The van der Waals surface area contributed by atoms with Crippen LogP contribution in [0.25, 0.3) is 44.5 Å². The van der Waals surface area contributed by atoms with Crippen molar-refractivity contribution >= 4 is 27.8 Å². The summed E-state index contributed by atoms with van der Waals surface area (Å²) in [5, 5.41) is 1.22. The zero-order chi connectivity index (χ0) is 24.2. The Morgan fingerprint density at radius 1 is 0.972 bits per heavy atom. The summed E-state index contributed by atoms with van der Waals surface area (Å²) in [6, 6.07) is 23.8. The Balaban J connectivity index is 1.22. The number of aryl methyl sites for hydroxylation is 1. The van der Waals surface area contributed by atoms with Crippen LogP contribution in [-0.2, 0) is 11.3 Å². The molecular weight excluding hydrogens is 444 g/mol. The van der Waals surface area contributed by atoms with Gasteiger partial charge in [-0.05, 0) is 78.4 Å². The Kier molecular flexibility index (Phi) is 4.98. The standard InChI is InChI=1S/C31H30N4O/c1-20-3-2-4-28-29(20)35(19-21-14-16-34(18-21)31(36)24-9-10-24)30(33-28)23-7-5-22(6-8-23)25-11-12-27-26(17-25)13-15-32-27/h2-8,11-13,15,17,21,24,32H,9-10,14,16,18-19H2,1H3/t21-/m0/s1. The lowest BCUT2D eigenvalue weighted by Crippen LogP contribution is -2.30. The molecule has 5 nitrogen and oxygen atoms in total. The lowest BCUT2D eigenvalue weighted by atomic mass is 10.0. The van der Waals surface area contributed by atoms with Gasteiger partial charge in [-0.25, -0.2) is 4.98 Å². The summed E-state index contributed by atoms with van der Waals surface area (Å²) in [5.41, 5.74) is 8.18. The van der Waals surface area contributed by atoms with Crippen molar-refractivity contribution < 1.29 is 4.79 Å². The van der Waals surface area contributed by atoms with Crippen molar-refractivity contribution in [2.24, 2.45) is 11.8 Å². The number of imidazole rings is 1. The number of hydrogen-bond donors (Lipinski definition) is 1. The molecule has 2 aromatic heterocycles. The van der Waals surface area contributed by atoms with Gasteiger partial charge >= 0.3 is 0 Å². The van der Waals surface area contributed by atoms with E-state index in [1.807, 2.05) is 6.20 Å². The van der Waals surface area contributed by atoms with Gasteiger partial charge in [-0.15, -0.1) is 0 Å². The van der Waals surface area contributed by atoms with E-state index in [9.17, 15) is 4.79 Å². The lowest BCUT2D eigenvalue weighted by molar-refractivity contribution is -0.131. The Morgan fingerprint density at radius 2 is 1.78 bits per heavy atom. The van der Waals surface area contributed by atoms with Gasteiger partial charge in [-0.1, -0.05) is 42.5 Å². The maximum absolute atomic E-state index is 12.6. The number of nitrogens with zero attached hydrogens (tertiary/aromatic N) is 3. The third-order valence-electron chi connectivity index (χ3n) is 7.96. The van der Waals surface area contributed by atoms with E-state index in [0.29, 0.717) is 17.7 Å². The maximum atomic E-state index is 12.6. The highest BCUT2D eigenvalue weighted by Crippen LogP contribution is 2.35. The summed E-state index contributed by atoms with van der Waals surface area (Å²) in [4.78, 5) is 23.1. The molecule has 1 saturated heterocycles. The molecule has 0 spiro atoms. The normalized spacial score (nSPS) is 17.9. The number of rotatable bonds is 5. The molecule has 3 heterocycles. The molecule has 0 unspecified atom stereocenters. The van der Waals surface area contributed by atoms with E-state index in [-0.39, 0.29) is 0 Å². The number of benzene rings is 3. The van der Waals surface area contributed by atoms with E-state index in [1.165, 1.54) is 27.6 Å². The van der Waals surface area contributed by atoms with E-state index < -0.39 is 0 Å². The minimum absolute atomic E-state index is 0.298. The van der Waals surface area contributed by atoms with Crippen LogP contribution in [0.4, 0.5) is 0 Å². The summed E-state index contributed by atoms with van der Waals surface area (Å²) in [6.45, 7) is 4.81. The number of amides is 1. The van der Waals surface area contributed by atoms with E-state index >= 15 is 0 Å². The third kappa shape index (κ3) is 3.70. The Hall–Kier alpha value is -3.86. The van der Waals surface area contributed by atoms with Crippen molar-refractivity contribution in [1.82, 2.24) is 19.4 Å². The predicted octanol–water partition coefficient (Wildman–Crippen LogP) is 6.42. The largest absolute Gasteiger partial charge is 0.361 e. The van der Waals surface area contributed by atoms with Crippen LogP contribution in [0.1, 0.15) is 24.8 Å². The van der Waals surface area contributed by atoms with Crippen LogP contribution >= 0.6 is 0 Å². The quantitative estimate of drug-likeness (QED) is 0.320. The first-order chi connectivity index (χ1) is 17.6. The second kappa shape index (κ2) is 8.37. The van der Waals surface area contributed by atoms with Crippen molar-refractivity contribution in [3.05, 3.63) is 78.5 Å². The molecule has 1 N–H and O–H groups in total. The third-order valence-corrected chi connectivity index (χ3v) is 7.96. The van der Waals surface area contributed by atoms with Crippen LogP contribution in [-0.4, -0.2) is 38.4 Å². The second-order valence-electron chi connectivity index (χ2n) is 10.6. The zero-order valence-electron chi connectivity index (χ0n) is 20.6. The molecule has 1 saturated carbocycles. The fraction of sp³-hybridized carbons (Fsp3) is 0.290. The summed E-state index contributed by atoms with van der Waals surface area (Å²) in [5.74, 6) is 2.14. The van der Waals surface area contributed by atoms with Gasteiger partial charge in [-0.2, -0.15) is 0 Å². The highest BCUT2D eigenvalue weighted by atomic mass is 16.2. The van der Waals surface area contributed by atoms with Gasteiger partial charge in [-0.3, -0.25) is 4.79 Å². The second-order valence-corrected chi connectivity index (χ2v) is 10.6. The summed E-state index contributed by atoms with van der Waals surface area (Å²) >= 11 is 0. The first kappa shape index (κ1) is 21.4. The molecule has 36 heavy (non-hydrogen) atoms. The van der Waals surface area contributed by atoms with Crippen LogP contribution in [0, 0.1) is 18.8 Å². The number of carbonyl (C=O) groups excluding carboxylic acids is 1. The summed E-state index contributed by atoms with van der Waals surface area (Å²) < 4.78 is 2.40. The number of hydrogen-bond acceptors (Lipinski definition) is 2. The fourth-order valence-corrected chi connectivity index (χ4v) is 5.84. The predicted molar refractivity (Wildman–Crippen MR) is 145 cm³/mol. The van der Waals surface area contributed by atoms with Gasteiger partial charge in [0.15, 0.2) is 0 Å². The van der Waals surface area contributed by atoms with Crippen molar-refractivity contribution in [3.8, 4) is 22.5 Å². The number of para-hydroxylation sites is 1. The Morgan fingerprint density at radius 3 is 2.61 bits per heavy atom. The smallest absolute Gasteiger partial charge is 0.225 e. The van der Waals surface area contributed by atoms with E-state index in [4.69, 9.17) is 4.98 Å². The Labute approximate surface area is 210 Å². The molecule has 2 fully saturated rings. The number of aromatic nitrogens is 3. The molecule has 1 atom stereocenters. The lowest BCUT2D eigenvalue weighted by Gasteiger charge is -2.18. The van der Waals surface area contributed by atoms with Crippen LogP contribution < -0.4 is 0 Å². The van der Waals surface area contributed by atoms with E-state index in [0.717, 1.165) is 61.3 Å². The molecule has 1 aliphatic heterocycles. The highest BCUT2D eigenvalue weighted by Gasteiger charge is 2.36. The molecule has 1 aliphatic carbocycles. The number of likely N-dealkylation sites (tertiary alicyclic amines) is 1. The molecule has 1 amide bonds. The van der Waals surface area contributed by atoms with Crippen molar-refractivity contribution in [2.75, 3.05) is 13.1 Å². The van der Waals surface area contributed by atoms with Gasteiger partial charge < -0.3 is 14.5 Å². The van der Waals surface area contributed by atoms with Crippen LogP contribution in [0.2, 0.25) is 0 Å². The highest BCUT2D eigenvalue weighted by molar-refractivity contribution is 5.86. The topological polar surface area (TPSA) is 53.9 Å². The number of H-pyrrole nitrogens is 1. The summed E-state index contributed by atoms with van der Waals surface area (Å²) in [7, 11) is 0. The van der Waals surface area contributed by atoms with Gasteiger partial charge in [0.25, 0.3) is 0 Å². The fourth-order valence-electron chi connectivity index (χ4n) is 5.84. The number of aromatic amines is 1. The van der Waals surface area contributed by atoms with Crippen molar-refractivity contribution in [2.45, 2.75) is 32.7 Å². The van der Waals surface area contributed by atoms with Gasteiger partial charge in [0, 0.05) is 42.8 Å². The Bertz CT molecular complexity index is 1590. The average Bonchev–Trinajstić information content (AvgIpc) is 3.29. The van der Waals surface area contributed by atoms with Crippen LogP contribution in [0.15, 0.2) is 72.9 Å². The van der Waals surface area contributed by atoms with E-state index in [1.54, 1.807) is 0 Å². The summed E-state index contributed by atoms with van der Waals surface area (Å²) in [6.07, 6.45) is 5.19. The van der Waals surface area contributed by atoms with Gasteiger partial charge in [0.2, 0.25) is 5.91 Å². The number of nitrogens with one attached hydrogen (secondary N) is 1. The van der Waals surface area contributed by atoms with Crippen molar-refractivity contribution in [1.29, 1.82) is 0 Å². The molecule has 5 heteroatoms. The first-order valence-electron chi connectivity index (χ1n) is 13.1. The van der Waals surface area contributed by atoms with E-state index in [2.05, 4.69) is 88.1 Å². The SMILES string of the molecule is Cc1cccc2nc(-c3ccc(-c4ccc5[nH]ccc5c4)cc3)n(C[C@H]3CCN(C(=O)C4CC4)C3)c12. The van der Waals surface area contributed by atoms with Gasteiger partial charge in [0.05, 0.1) is 11.0 Å². The maximum Gasteiger partial charge on any atom is 0.225 e. The molecule has 2 aliphatic rings. The van der Waals surface area contributed by atoms with Crippen molar-refractivity contribution in [3.63, 3.8) is 0 Å². The van der Waals surface area contributed by atoms with Gasteiger partial charge in [0.1, 0.15) is 5.82 Å². The minimum atomic E-state index is 0.298. The zero-order valence-corrected chi connectivity index (χ0v) is 20.6. The monoisotopic (exact) mass is 474 g/mol. The molecule has 180 valence electrons. The van der Waals surface area contributed by atoms with Crippen LogP contribution in [0.5, 0.6) is 0 Å². The average molecular weight is 475 g/mol. The minimum Gasteiger partial charge on any atom is -0.361 e. The number of carbonyl (C=O) groups is 1. The number of fused-ring (bicyclic) bond motifs is 2. The molecule has 0 bridgehead atoms. The first-order valence-corrected chi connectivity index (χ1v) is 13.1. The molecule has 5 aromatic rings. The molecule has 3 aromatic carbocycles. The molecule has 0 radical (unpaired) electrons. The molecular formula is C31H30N4O. The molecule has 7 rings (SSSR count).